The number of nitrogens with two attached hydrogens (primary N) is 1. The Labute approximate surface area is 78.3 Å². The van der Waals surface area contributed by atoms with E-state index in [2.05, 4.69) is 0 Å². The number of aliphatic carboxylic acids is 1. The Morgan fingerprint density at radius 1 is 1.38 bits per heavy atom. The van der Waals surface area contributed by atoms with Gasteiger partial charge < -0.3 is 10.8 Å². The summed E-state index contributed by atoms with van der Waals surface area (Å²) in [6.07, 6.45) is 6.12. The van der Waals surface area contributed by atoms with Crippen molar-refractivity contribution < 1.29 is 9.90 Å². The maximum Gasteiger partial charge on any atom is 0.311 e. The molecule has 2 fully saturated rings. The van der Waals surface area contributed by atoms with Crippen LogP contribution in [0, 0.1) is 11.3 Å². The lowest BCUT2D eigenvalue weighted by molar-refractivity contribution is -0.158. The summed E-state index contributed by atoms with van der Waals surface area (Å²) >= 11 is 0. The summed E-state index contributed by atoms with van der Waals surface area (Å²) in [4.78, 5) is 11.1. The van der Waals surface area contributed by atoms with E-state index in [1.807, 2.05) is 0 Å². The Morgan fingerprint density at radius 2 is 2.00 bits per heavy atom. The Morgan fingerprint density at radius 3 is 2.23 bits per heavy atom. The first-order valence-electron chi connectivity index (χ1n) is 5.16. The van der Waals surface area contributed by atoms with Crippen molar-refractivity contribution in [2.45, 2.75) is 44.6 Å². The van der Waals surface area contributed by atoms with Gasteiger partial charge in [0.1, 0.15) is 0 Å². The molecular formula is C10H17NO2. The van der Waals surface area contributed by atoms with Crippen LogP contribution in [-0.2, 0) is 4.79 Å². The van der Waals surface area contributed by atoms with Gasteiger partial charge in [0.05, 0.1) is 5.41 Å². The van der Waals surface area contributed by atoms with Gasteiger partial charge in [-0.2, -0.15) is 0 Å². The van der Waals surface area contributed by atoms with E-state index < -0.39 is 11.4 Å². The fraction of sp³-hybridized carbons (Fsp3) is 0.900. The van der Waals surface area contributed by atoms with Crippen LogP contribution in [0.15, 0.2) is 0 Å². The number of carbonyl (C=O) groups is 1. The molecule has 2 rings (SSSR count). The van der Waals surface area contributed by atoms with Crippen molar-refractivity contribution in [3.05, 3.63) is 0 Å². The zero-order valence-corrected chi connectivity index (χ0v) is 7.83. The smallest absolute Gasteiger partial charge is 0.311 e. The Hall–Kier alpha value is -0.570. The third-order valence-corrected chi connectivity index (χ3v) is 3.97. The van der Waals surface area contributed by atoms with E-state index in [9.17, 15) is 4.79 Å². The maximum atomic E-state index is 11.1. The van der Waals surface area contributed by atoms with Crippen molar-refractivity contribution in [1.29, 1.82) is 0 Å². The number of hydrogen-bond acceptors (Lipinski definition) is 2. The number of carboxylic acid groups (broad SMARTS) is 1. The van der Waals surface area contributed by atoms with Gasteiger partial charge in [0.15, 0.2) is 0 Å². The Balaban J connectivity index is 2.06. The molecule has 13 heavy (non-hydrogen) atoms. The predicted molar refractivity (Wildman–Crippen MR) is 49.2 cm³/mol. The van der Waals surface area contributed by atoms with Crippen LogP contribution in [0.2, 0.25) is 0 Å². The molecule has 2 aliphatic carbocycles. The van der Waals surface area contributed by atoms with E-state index in [-0.39, 0.29) is 6.04 Å². The Bertz CT molecular complexity index is 219. The van der Waals surface area contributed by atoms with Crippen molar-refractivity contribution in [3.63, 3.8) is 0 Å². The molecule has 1 unspecified atom stereocenters. The minimum atomic E-state index is -0.668. The van der Waals surface area contributed by atoms with Crippen molar-refractivity contribution in [2.75, 3.05) is 0 Å². The van der Waals surface area contributed by atoms with E-state index in [1.54, 1.807) is 0 Å². The van der Waals surface area contributed by atoms with Crippen molar-refractivity contribution >= 4 is 5.97 Å². The van der Waals surface area contributed by atoms with E-state index in [4.69, 9.17) is 10.8 Å². The topological polar surface area (TPSA) is 63.3 Å². The highest BCUT2D eigenvalue weighted by atomic mass is 16.4. The summed E-state index contributed by atoms with van der Waals surface area (Å²) in [6.45, 7) is 0. The molecule has 0 amide bonds. The fourth-order valence-electron chi connectivity index (χ4n) is 2.50. The minimum absolute atomic E-state index is 0.0903. The molecule has 3 N–H and O–H groups in total. The molecule has 0 radical (unpaired) electrons. The van der Waals surface area contributed by atoms with E-state index in [0.29, 0.717) is 5.92 Å². The lowest BCUT2D eigenvalue weighted by Crippen LogP contribution is -2.56. The summed E-state index contributed by atoms with van der Waals surface area (Å²) < 4.78 is 0. The molecule has 0 aromatic rings. The first kappa shape index (κ1) is 9.00. The summed E-state index contributed by atoms with van der Waals surface area (Å²) in [5, 5.41) is 9.14. The van der Waals surface area contributed by atoms with Gasteiger partial charge in [-0.1, -0.05) is 12.8 Å². The number of rotatable bonds is 3. The van der Waals surface area contributed by atoms with Crippen LogP contribution in [0.3, 0.4) is 0 Å². The average Bonchev–Trinajstić information content (AvgIpc) is 1.77. The quantitative estimate of drug-likeness (QED) is 0.694. The van der Waals surface area contributed by atoms with Crippen molar-refractivity contribution in [2.24, 2.45) is 17.1 Å². The second-order valence-electron chi connectivity index (χ2n) is 4.53. The van der Waals surface area contributed by atoms with Crippen LogP contribution in [0.25, 0.3) is 0 Å². The highest BCUT2D eigenvalue weighted by molar-refractivity contribution is 5.76. The van der Waals surface area contributed by atoms with Crippen LogP contribution in [0.1, 0.15) is 38.5 Å². The molecule has 3 nitrogen and oxygen atoms in total. The molecule has 2 aliphatic rings. The lowest BCUT2D eigenvalue weighted by Gasteiger charge is -2.47. The molecule has 2 saturated carbocycles. The first-order valence-corrected chi connectivity index (χ1v) is 5.16. The van der Waals surface area contributed by atoms with Gasteiger partial charge in [0, 0.05) is 6.04 Å². The van der Waals surface area contributed by atoms with Crippen molar-refractivity contribution in [3.8, 4) is 0 Å². The highest BCUT2D eigenvalue weighted by Gasteiger charge is 2.52. The zero-order valence-electron chi connectivity index (χ0n) is 7.83. The molecule has 0 spiro atoms. The van der Waals surface area contributed by atoms with Gasteiger partial charge in [0.25, 0.3) is 0 Å². The third kappa shape index (κ3) is 1.17. The van der Waals surface area contributed by atoms with Crippen LogP contribution in [0.5, 0.6) is 0 Å². The molecule has 0 saturated heterocycles. The predicted octanol–water partition coefficient (Wildman–Crippen LogP) is 1.37. The van der Waals surface area contributed by atoms with Crippen LogP contribution >= 0.6 is 0 Å². The average molecular weight is 183 g/mol. The molecule has 3 heteroatoms. The van der Waals surface area contributed by atoms with E-state index in [1.165, 1.54) is 6.42 Å². The van der Waals surface area contributed by atoms with E-state index >= 15 is 0 Å². The van der Waals surface area contributed by atoms with Crippen LogP contribution < -0.4 is 5.73 Å². The third-order valence-electron chi connectivity index (χ3n) is 3.97. The Kier molecular flexibility index (Phi) is 2.06. The van der Waals surface area contributed by atoms with Gasteiger partial charge in [-0.15, -0.1) is 0 Å². The monoisotopic (exact) mass is 183 g/mol. The second-order valence-corrected chi connectivity index (χ2v) is 4.53. The van der Waals surface area contributed by atoms with Gasteiger partial charge >= 0.3 is 5.97 Å². The highest BCUT2D eigenvalue weighted by Crippen LogP contribution is 2.48. The summed E-state index contributed by atoms with van der Waals surface area (Å²) in [5.41, 5.74) is 5.49. The second kappa shape index (κ2) is 2.98. The van der Waals surface area contributed by atoms with Gasteiger partial charge in [-0.3, -0.25) is 4.79 Å². The SMILES string of the molecule is NC(C1CCC1)C1(C(=O)O)CCC1. The van der Waals surface area contributed by atoms with E-state index in [0.717, 1.165) is 32.1 Å². The minimum Gasteiger partial charge on any atom is -0.481 e. The van der Waals surface area contributed by atoms with Gasteiger partial charge in [-0.25, -0.2) is 0 Å². The van der Waals surface area contributed by atoms with Crippen molar-refractivity contribution in [1.82, 2.24) is 0 Å². The molecule has 0 aliphatic heterocycles. The number of hydrogen-bond donors (Lipinski definition) is 2. The summed E-state index contributed by atoms with van der Waals surface area (Å²) in [7, 11) is 0. The number of carboxylic acids is 1. The maximum absolute atomic E-state index is 11.1. The molecule has 1 atom stereocenters. The standard InChI is InChI=1S/C10H17NO2/c11-8(7-3-1-4-7)10(9(12)13)5-2-6-10/h7-8H,1-6,11H2,(H,12,13). The fourth-order valence-corrected chi connectivity index (χ4v) is 2.50. The largest absolute Gasteiger partial charge is 0.481 e. The molecule has 0 heterocycles. The normalized spacial score (nSPS) is 28.7. The zero-order chi connectivity index (χ0) is 9.47. The molecule has 0 bridgehead atoms. The molecule has 0 aromatic heterocycles. The van der Waals surface area contributed by atoms with Gasteiger partial charge in [0.2, 0.25) is 0 Å². The van der Waals surface area contributed by atoms with Crippen LogP contribution in [0.4, 0.5) is 0 Å². The molecule has 74 valence electrons. The molecular weight excluding hydrogens is 166 g/mol. The first-order chi connectivity index (χ1) is 6.17. The summed E-state index contributed by atoms with van der Waals surface area (Å²) in [6, 6.07) is -0.0903. The van der Waals surface area contributed by atoms with Gasteiger partial charge in [-0.05, 0) is 31.6 Å². The van der Waals surface area contributed by atoms with Crippen LogP contribution in [-0.4, -0.2) is 17.1 Å². The molecule has 0 aromatic carbocycles. The summed E-state index contributed by atoms with van der Waals surface area (Å²) in [5.74, 6) is -0.186. The lowest BCUT2D eigenvalue weighted by atomic mass is 9.58.